The molecule has 1 fully saturated rings. The van der Waals surface area contributed by atoms with E-state index in [0.29, 0.717) is 11.3 Å². The smallest absolute Gasteiger partial charge is 0.352 e. The monoisotopic (exact) mass is 400 g/mol. The Labute approximate surface area is 164 Å². The highest BCUT2D eigenvalue weighted by Crippen LogP contribution is 2.45. The Balaban J connectivity index is 1.78. The number of nitrogens with zero attached hydrogens (tertiary/aromatic N) is 3. The Morgan fingerprint density at radius 1 is 1.43 bits per heavy atom. The van der Waals surface area contributed by atoms with Gasteiger partial charge in [-0.3, -0.25) is 14.5 Å². The Hall–Kier alpha value is -3.24. The van der Waals surface area contributed by atoms with Gasteiger partial charge in [-0.15, -0.1) is 11.8 Å². The van der Waals surface area contributed by atoms with Gasteiger partial charge in [-0.25, -0.2) is 4.79 Å². The fourth-order valence-corrected chi connectivity index (χ4v) is 4.86. The summed E-state index contributed by atoms with van der Waals surface area (Å²) in [4.78, 5) is 37.6. The van der Waals surface area contributed by atoms with Crippen LogP contribution in [0.15, 0.2) is 34.1 Å². The SMILES string of the molecule is CC1=C(C(=O)O)N2C(=O)C(NC(=O)Cc3ccco3)[C@H]2SC1CC(C#N)C#N. The lowest BCUT2D eigenvalue weighted by Gasteiger charge is -2.51. The van der Waals surface area contributed by atoms with Crippen molar-refractivity contribution in [1.29, 1.82) is 10.5 Å². The number of hydrogen-bond acceptors (Lipinski definition) is 7. The molecule has 0 aliphatic carbocycles. The first-order chi connectivity index (χ1) is 13.4. The van der Waals surface area contributed by atoms with Gasteiger partial charge < -0.3 is 14.8 Å². The van der Waals surface area contributed by atoms with E-state index in [-0.39, 0.29) is 18.5 Å². The zero-order valence-electron chi connectivity index (χ0n) is 14.8. The molecule has 28 heavy (non-hydrogen) atoms. The molecule has 3 atom stereocenters. The number of hydrogen-bond donors (Lipinski definition) is 2. The van der Waals surface area contributed by atoms with Crippen LogP contribution in [0.3, 0.4) is 0 Å². The highest BCUT2D eigenvalue weighted by molar-refractivity contribution is 8.00. The molecule has 3 rings (SSSR count). The van der Waals surface area contributed by atoms with Crippen LogP contribution in [0.1, 0.15) is 19.1 Å². The zero-order chi connectivity index (χ0) is 20.4. The van der Waals surface area contributed by atoms with Gasteiger partial charge in [0, 0.05) is 5.25 Å². The quantitative estimate of drug-likeness (QED) is 0.672. The molecule has 144 valence electrons. The van der Waals surface area contributed by atoms with Crippen molar-refractivity contribution in [3.05, 3.63) is 35.4 Å². The van der Waals surface area contributed by atoms with Crippen molar-refractivity contribution in [2.45, 2.75) is 36.4 Å². The average Bonchev–Trinajstić information content (AvgIpc) is 3.17. The van der Waals surface area contributed by atoms with E-state index in [0.717, 1.165) is 4.90 Å². The summed E-state index contributed by atoms with van der Waals surface area (Å²) < 4.78 is 5.11. The number of fused-ring (bicyclic) bond motifs is 1. The van der Waals surface area contributed by atoms with E-state index in [1.807, 2.05) is 12.1 Å². The van der Waals surface area contributed by atoms with Gasteiger partial charge in [0.2, 0.25) is 5.91 Å². The fourth-order valence-electron chi connectivity index (χ4n) is 3.24. The number of rotatable bonds is 6. The second kappa shape index (κ2) is 7.79. The van der Waals surface area contributed by atoms with Crippen LogP contribution in [-0.4, -0.2) is 44.5 Å². The predicted octanol–water partition coefficient (Wildman–Crippen LogP) is 1.00. The van der Waals surface area contributed by atoms with Crippen LogP contribution < -0.4 is 5.32 Å². The van der Waals surface area contributed by atoms with E-state index < -0.39 is 40.4 Å². The molecule has 2 N–H and O–H groups in total. The molecular formula is C18H16N4O5S. The van der Waals surface area contributed by atoms with Gasteiger partial charge in [-0.05, 0) is 31.1 Å². The molecule has 0 bridgehead atoms. The lowest BCUT2D eigenvalue weighted by molar-refractivity contribution is -0.150. The molecule has 1 saturated heterocycles. The van der Waals surface area contributed by atoms with Crippen LogP contribution in [0.2, 0.25) is 0 Å². The van der Waals surface area contributed by atoms with Crippen LogP contribution in [-0.2, 0) is 20.8 Å². The molecule has 2 aliphatic heterocycles. The van der Waals surface area contributed by atoms with Gasteiger partial charge in [0.15, 0.2) is 0 Å². The van der Waals surface area contributed by atoms with Gasteiger partial charge in [-0.1, -0.05) is 0 Å². The Morgan fingerprint density at radius 3 is 2.71 bits per heavy atom. The van der Waals surface area contributed by atoms with Gasteiger partial charge in [-0.2, -0.15) is 10.5 Å². The molecular weight excluding hydrogens is 384 g/mol. The van der Waals surface area contributed by atoms with Crippen LogP contribution >= 0.6 is 11.8 Å². The van der Waals surface area contributed by atoms with Crippen molar-refractivity contribution in [3.63, 3.8) is 0 Å². The molecule has 0 radical (unpaired) electrons. The first-order valence-corrected chi connectivity index (χ1v) is 9.35. The van der Waals surface area contributed by atoms with E-state index in [1.54, 1.807) is 19.1 Å². The van der Waals surface area contributed by atoms with Gasteiger partial charge in [0.1, 0.15) is 28.8 Å². The molecule has 0 aromatic carbocycles. The Morgan fingerprint density at radius 2 is 2.14 bits per heavy atom. The second-order valence-corrected chi connectivity index (χ2v) is 7.73. The van der Waals surface area contributed by atoms with Gasteiger partial charge >= 0.3 is 5.97 Å². The highest BCUT2D eigenvalue weighted by Gasteiger charge is 2.55. The van der Waals surface area contributed by atoms with E-state index in [4.69, 9.17) is 14.9 Å². The number of thioether (sulfide) groups is 1. The molecule has 2 amide bonds. The number of aliphatic carboxylic acids is 1. The number of amides is 2. The molecule has 9 nitrogen and oxygen atoms in total. The lowest BCUT2D eigenvalue weighted by Crippen LogP contribution is -2.71. The summed E-state index contributed by atoms with van der Waals surface area (Å²) in [7, 11) is 0. The predicted molar refractivity (Wildman–Crippen MR) is 96.0 cm³/mol. The molecule has 0 spiro atoms. The lowest BCUT2D eigenvalue weighted by atomic mass is 9.97. The largest absolute Gasteiger partial charge is 0.477 e. The normalized spacial score (nSPS) is 23.5. The van der Waals surface area contributed by atoms with Crippen LogP contribution in [0.4, 0.5) is 0 Å². The molecule has 1 aromatic rings. The third kappa shape index (κ3) is 3.47. The van der Waals surface area contributed by atoms with E-state index >= 15 is 0 Å². The number of carbonyl (C=O) groups excluding carboxylic acids is 2. The number of nitriles is 2. The zero-order valence-corrected chi connectivity index (χ0v) is 15.6. The third-order valence-electron chi connectivity index (χ3n) is 4.64. The summed E-state index contributed by atoms with van der Waals surface area (Å²) in [6.45, 7) is 1.58. The number of nitrogens with one attached hydrogen (secondary N) is 1. The van der Waals surface area contributed by atoms with Crippen LogP contribution in [0, 0.1) is 28.6 Å². The van der Waals surface area contributed by atoms with Crippen molar-refractivity contribution in [3.8, 4) is 12.1 Å². The van der Waals surface area contributed by atoms with Crippen molar-refractivity contribution in [2.24, 2.45) is 5.92 Å². The number of carboxylic acid groups (broad SMARTS) is 1. The number of β-lactam (4-membered cyclic amide) rings is 1. The highest BCUT2D eigenvalue weighted by atomic mass is 32.2. The number of furan rings is 1. The van der Waals surface area contributed by atoms with E-state index in [2.05, 4.69) is 5.32 Å². The standard InChI is InChI=1S/C18H16N4O5S/c1-9-12(5-10(7-19)8-20)28-17-14(16(24)22(17)15(9)18(25)26)21-13(23)6-11-3-2-4-27-11/h2-4,10,12,14,17H,5-6H2,1H3,(H,21,23)(H,25,26)/t12?,14?,17-/m1/s1. The summed E-state index contributed by atoms with van der Waals surface area (Å²) >= 11 is 1.27. The molecule has 3 heterocycles. The van der Waals surface area contributed by atoms with Gasteiger partial charge in [0.25, 0.3) is 5.91 Å². The summed E-state index contributed by atoms with van der Waals surface area (Å²) in [5.74, 6) is -2.62. The van der Waals surface area contributed by atoms with Crippen molar-refractivity contribution in [2.75, 3.05) is 0 Å². The minimum Gasteiger partial charge on any atom is -0.477 e. The minimum atomic E-state index is -1.26. The summed E-state index contributed by atoms with van der Waals surface area (Å²) in [6, 6.07) is 6.17. The second-order valence-electron chi connectivity index (χ2n) is 6.41. The van der Waals surface area contributed by atoms with E-state index in [1.165, 1.54) is 18.0 Å². The maximum atomic E-state index is 12.5. The first-order valence-electron chi connectivity index (χ1n) is 8.41. The maximum absolute atomic E-state index is 12.5. The number of carbonyl (C=O) groups is 3. The number of carboxylic acids is 1. The van der Waals surface area contributed by atoms with Crippen LogP contribution in [0.25, 0.3) is 0 Å². The first kappa shape index (κ1) is 19.5. The van der Waals surface area contributed by atoms with Crippen molar-refractivity contribution < 1.29 is 23.9 Å². The maximum Gasteiger partial charge on any atom is 0.352 e. The topological polar surface area (TPSA) is 147 Å². The Bertz CT molecular complexity index is 913. The summed E-state index contributed by atoms with van der Waals surface area (Å²) in [6.07, 6.45) is 1.54. The Kier molecular flexibility index (Phi) is 5.43. The summed E-state index contributed by atoms with van der Waals surface area (Å²) in [5, 5.41) is 29.2. The molecule has 1 aromatic heterocycles. The van der Waals surface area contributed by atoms with Crippen molar-refractivity contribution >= 4 is 29.5 Å². The molecule has 2 unspecified atom stereocenters. The van der Waals surface area contributed by atoms with Gasteiger partial charge in [0.05, 0.1) is 24.8 Å². The molecule has 0 saturated carbocycles. The third-order valence-corrected chi connectivity index (χ3v) is 6.28. The molecule has 2 aliphatic rings. The van der Waals surface area contributed by atoms with Crippen molar-refractivity contribution in [1.82, 2.24) is 10.2 Å². The minimum absolute atomic E-state index is 0.0385. The van der Waals surface area contributed by atoms with E-state index in [9.17, 15) is 19.5 Å². The van der Waals surface area contributed by atoms with Crippen LogP contribution in [0.5, 0.6) is 0 Å². The summed E-state index contributed by atoms with van der Waals surface area (Å²) in [5.41, 5.74) is 0.280. The molecule has 10 heteroatoms. The average molecular weight is 400 g/mol. The fraction of sp³-hybridized carbons (Fsp3) is 0.389.